The maximum absolute atomic E-state index is 13.7. The van der Waals surface area contributed by atoms with Crippen LogP contribution in [-0.4, -0.2) is 12.5 Å². The standard InChI is InChI=1S/C15H19FN2O/c1-11(2)5-8-15(19)18-14-7-6-12(4-3-9-17)10-13(14)16/h6-7,10-11H,5,8-9,17H2,1-2H3,(H,18,19). The van der Waals surface area contributed by atoms with Gasteiger partial charge in [0.2, 0.25) is 5.91 Å². The van der Waals surface area contributed by atoms with Gasteiger partial charge < -0.3 is 11.1 Å². The zero-order chi connectivity index (χ0) is 14.3. The lowest BCUT2D eigenvalue weighted by Gasteiger charge is -2.08. The summed E-state index contributed by atoms with van der Waals surface area (Å²) in [5.41, 5.74) is 5.98. The number of nitrogens with one attached hydrogen (secondary N) is 1. The molecule has 102 valence electrons. The third-order valence-electron chi connectivity index (χ3n) is 2.53. The van der Waals surface area contributed by atoms with Crippen molar-refractivity contribution in [2.45, 2.75) is 26.7 Å². The summed E-state index contributed by atoms with van der Waals surface area (Å²) in [6, 6.07) is 4.47. The van der Waals surface area contributed by atoms with Crippen LogP contribution >= 0.6 is 0 Å². The molecule has 19 heavy (non-hydrogen) atoms. The second-order valence-electron chi connectivity index (χ2n) is 4.68. The minimum Gasteiger partial charge on any atom is -0.324 e. The molecule has 1 aromatic rings. The summed E-state index contributed by atoms with van der Waals surface area (Å²) in [5, 5.41) is 2.56. The normalized spacial score (nSPS) is 9.95. The van der Waals surface area contributed by atoms with Gasteiger partial charge in [-0.2, -0.15) is 0 Å². The van der Waals surface area contributed by atoms with E-state index in [0.717, 1.165) is 6.42 Å². The molecule has 0 aromatic heterocycles. The molecule has 0 spiro atoms. The van der Waals surface area contributed by atoms with Crippen molar-refractivity contribution in [1.82, 2.24) is 0 Å². The highest BCUT2D eigenvalue weighted by Gasteiger charge is 2.08. The van der Waals surface area contributed by atoms with Gasteiger partial charge >= 0.3 is 0 Å². The first-order chi connectivity index (χ1) is 9.02. The highest BCUT2D eigenvalue weighted by molar-refractivity contribution is 5.90. The van der Waals surface area contributed by atoms with Gasteiger partial charge in [0, 0.05) is 12.0 Å². The Morgan fingerprint density at radius 2 is 2.21 bits per heavy atom. The number of anilines is 1. The molecule has 0 heterocycles. The predicted molar refractivity (Wildman–Crippen MR) is 75.0 cm³/mol. The molecule has 0 radical (unpaired) electrons. The molecule has 0 aliphatic heterocycles. The van der Waals surface area contributed by atoms with Crippen molar-refractivity contribution >= 4 is 11.6 Å². The van der Waals surface area contributed by atoms with Gasteiger partial charge in [-0.3, -0.25) is 4.79 Å². The van der Waals surface area contributed by atoms with Gasteiger partial charge in [0.25, 0.3) is 0 Å². The number of carbonyl (C=O) groups excluding carboxylic acids is 1. The van der Waals surface area contributed by atoms with Gasteiger partial charge in [-0.15, -0.1) is 0 Å². The molecule has 4 heteroatoms. The number of benzene rings is 1. The Bertz CT molecular complexity index is 501. The first-order valence-electron chi connectivity index (χ1n) is 6.31. The largest absolute Gasteiger partial charge is 0.324 e. The average Bonchev–Trinajstić information content (AvgIpc) is 2.37. The first kappa shape index (κ1) is 15.2. The Labute approximate surface area is 113 Å². The minimum atomic E-state index is -0.485. The van der Waals surface area contributed by atoms with Crippen LogP contribution in [0.3, 0.4) is 0 Å². The molecule has 1 rings (SSSR count). The van der Waals surface area contributed by atoms with E-state index in [-0.39, 0.29) is 18.1 Å². The molecule has 0 aliphatic rings. The Morgan fingerprint density at radius 3 is 2.79 bits per heavy atom. The van der Waals surface area contributed by atoms with Crippen molar-refractivity contribution in [3.8, 4) is 11.8 Å². The molecule has 0 unspecified atom stereocenters. The van der Waals surface area contributed by atoms with Gasteiger partial charge in [-0.25, -0.2) is 4.39 Å². The number of nitrogens with two attached hydrogens (primary N) is 1. The van der Waals surface area contributed by atoms with Crippen molar-refractivity contribution in [1.29, 1.82) is 0 Å². The van der Waals surface area contributed by atoms with Crippen molar-refractivity contribution in [3.63, 3.8) is 0 Å². The number of rotatable bonds is 4. The maximum Gasteiger partial charge on any atom is 0.224 e. The molecule has 1 aromatic carbocycles. The summed E-state index contributed by atoms with van der Waals surface area (Å²) < 4.78 is 13.7. The molecule has 1 amide bonds. The lowest BCUT2D eigenvalue weighted by atomic mass is 10.1. The van der Waals surface area contributed by atoms with E-state index in [0.29, 0.717) is 17.9 Å². The highest BCUT2D eigenvalue weighted by atomic mass is 19.1. The molecule has 0 fully saturated rings. The zero-order valence-corrected chi connectivity index (χ0v) is 11.3. The van der Waals surface area contributed by atoms with E-state index in [1.807, 2.05) is 13.8 Å². The topological polar surface area (TPSA) is 55.1 Å². The highest BCUT2D eigenvalue weighted by Crippen LogP contribution is 2.16. The van der Waals surface area contributed by atoms with Crippen LogP contribution in [0.1, 0.15) is 32.3 Å². The summed E-state index contributed by atoms with van der Waals surface area (Å²) in [7, 11) is 0. The van der Waals surface area contributed by atoms with E-state index in [4.69, 9.17) is 5.73 Å². The molecule has 0 saturated heterocycles. The van der Waals surface area contributed by atoms with Crippen LogP contribution in [0.2, 0.25) is 0 Å². The molecular weight excluding hydrogens is 243 g/mol. The SMILES string of the molecule is CC(C)CCC(=O)Nc1ccc(C#CCN)cc1F. The van der Waals surface area contributed by atoms with Crippen LogP contribution in [0.4, 0.5) is 10.1 Å². The number of hydrogen-bond donors (Lipinski definition) is 2. The van der Waals surface area contributed by atoms with E-state index in [1.54, 1.807) is 6.07 Å². The van der Waals surface area contributed by atoms with Crippen molar-refractivity contribution in [2.75, 3.05) is 11.9 Å². The van der Waals surface area contributed by atoms with Crippen LogP contribution in [0.25, 0.3) is 0 Å². The summed E-state index contributed by atoms with van der Waals surface area (Å²) in [6.07, 6.45) is 1.18. The van der Waals surface area contributed by atoms with Crippen molar-refractivity contribution < 1.29 is 9.18 Å². The van der Waals surface area contributed by atoms with Gasteiger partial charge in [-0.05, 0) is 30.5 Å². The summed E-state index contributed by atoms with van der Waals surface area (Å²) in [5.74, 6) is 5.18. The average molecular weight is 262 g/mol. The molecule has 0 aliphatic carbocycles. The van der Waals surface area contributed by atoms with E-state index in [2.05, 4.69) is 17.2 Å². The van der Waals surface area contributed by atoms with Crippen molar-refractivity contribution in [2.24, 2.45) is 11.7 Å². The third kappa shape index (κ3) is 5.54. The number of halogens is 1. The number of amides is 1. The smallest absolute Gasteiger partial charge is 0.224 e. The van der Waals surface area contributed by atoms with Gasteiger partial charge in [0.05, 0.1) is 12.2 Å². The van der Waals surface area contributed by atoms with E-state index in [9.17, 15) is 9.18 Å². The Morgan fingerprint density at radius 1 is 1.47 bits per heavy atom. The lowest BCUT2D eigenvalue weighted by Crippen LogP contribution is -2.13. The monoisotopic (exact) mass is 262 g/mol. The minimum absolute atomic E-state index is 0.173. The Hall–Kier alpha value is -1.86. The van der Waals surface area contributed by atoms with Crippen LogP contribution < -0.4 is 11.1 Å². The molecule has 0 saturated carbocycles. The summed E-state index contributed by atoms with van der Waals surface area (Å²) in [6.45, 7) is 4.31. The fourth-order valence-corrected chi connectivity index (χ4v) is 1.48. The van der Waals surface area contributed by atoms with E-state index in [1.165, 1.54) is 12.1 Å². The van der Waals surface area contributed by atoms with Crippen LogP contribution in [0.5, 0.6) is 0 Å². The number of hydrogen-bond acceptors (Lipinski definition) is 2. The molecule has 3 N–H and O–H groups in total. The molecular formula is C15H19FN2O. The van der Waals surface area contributed by atoms with Crippen LogP contribution in [-0.2, 0) is 4.79 Å². The molecule has 3 nitrogen and oxygen atoms in total. The fourth-order valence-electron chi connectivity index (χ4n) is 1.48. The van der Waals surface area contributed by atoms with Crippen LogP contribution in [0.15, 0.2) is 18.2 Å². The first-order valence-corrected chi connectivity index (χ1v) is 6.31. The van der Waals surface area contributed by atoms with Gasteiger partial charge in [0.15, 0.2) is 0 Å². The quantitative estimate of drug-likeness (QED) is 0.819. The fraction of sp³-hybridized carbons (Fsp3) is 0.400. The van der Waals surface area contributed by atoms with Crippen molar-refractivity contribution in [3.05, 3.63) is 29.6 Å². The Kier molecular flexibility index (Phi) is 6.04. The molecule has 0 bridgehead atoms. The second-order valence-corrected chi connectivity index (χ2v) is 4.68. The number of carbonyl (C=O) groups is 1. The molecule has 0 atom stereocenters. The van der Waals surface area contributed by atoms with Crippen LogP contribution in [0, 0.1) is 23.6 Å². The zero-order valence-electron chi connectivity index (χ0n) is 11.3. The van der Waals surface area contributed by atoms with E-state index >= 15 is 0 Å². The van der Waals surface area contributed by atoms with E-state index < -0.39 is 5.82 Å². The Balaban J connectivity index is 2.67. The summed E-state index contributed by atoms with van der Waals surface area (Å²) in [4.78, 5) is 11.6. The third-order valence-corrected chi connectivity index (χ3v) is 2.53. The summed E-state index contributed by atoms with van der Waals surface area (Å²) >= 11 is 0. The second kappa shape index (κ2) is 7.55. The predicted octanol–water partition coefficient (Wildman–Crippen LogP) is 2.51. The maximum atomic E-state index is 13.7. The lowest BCUT2D eigenvalue weighted by molar-refractivity contribution is -0.116. The van der Waals surface area contributed by atoms with Gasteiger partial charge in [0.1, 0.15) is 5.82 Å². The van der Waals surface area contributed by atoms with Gasteiger partial charge in [-0.1, -0.05) is 25.7 Å².